The third-order valence-electron chi connectivity index (χ3n) is 1.36. The fourth-order valence-corrected chi connectivity index (χ4v) is 0.715. The van der Waals surface area contributed by atoms with Crippen LogP contribution < -0.4 is 0 Å². The van der Waals surface area contributed by atoms with E-state index in [2.05, 4.69) is 18.7 Å². The number of nitrogens with zero attached hydrogens (tertiary/aromatic N) is 1. The van der Waals surface area contributed by atoms with E-state index in [1.54, 1.807) is 0 Å². The monoisotopic (exact) mass is 121 g/mol. The zero-order chi connectivity index (χ0) is 6.69. The summed E-state index contributed by atoms with van der Waals surface area (Å²) in [6, 6.07) is 0. The Morgan fingerprint density at radius 2 is 2.33 bits per heavy atom. The zero-order valence-corrected chi connectivity index (χ0v) is 5.67. The second kappa shape index (κ2) is 2.53. The minimum absolute atomic E-state index is 1.02. The first kappa shape index (κ1) is 6.14. The summed E-state index contributed by atoms with van der Waals surface area (Å²) in [4.78, 5) is 2.00. The summed E-state index contributed by atoms with van der Waals surface area (Å²) in [7, 11) is 1.99. The molecule has 1 heteroatoms. The normalized spacial score (nSPS) is 18.3. The Bertz CT molecular complexity index is 165. The van der Waals surface area contributed by atoms with Crippen LogP contribution in [0.25, 0.3) is 0 Å². The molecule has 0 saturated heterocycles. The summed E-state index contributed by atoms with van der Waals surface area (Å²) < 4.78 is 0. The van der Waals surface area contributed by atoms with Crippen LogP contribution in [0.1, 0.15) is 6.42 Å². The summed E-state index contributed by atoms with van der Waals surface area (Å²) in [6.45, 7) is 3.84. The molecule has 1 aliphatic rings. The largest absolute Gasteiger partial charge is 0.352 e. The van der Waals surface area contributed by atoms with Crippen LogP contribution in [-0.2, 0) is 0 Å². The van der Waals surface area contributed by atoms with Gasteiger partial charge in [-0.1, -0.05) is 18.7 Å². The van der Waals surface area contributed by atoms with Crippen molar-refractivity contribution in [2.45, 2.75) is 6.42 Å². The first-order valence-corrected chi connectivity index (χ1v) is 3.05. The predicted octanol–water partition coefficient (Wildman–Crippen LogP) is 1.91. The van der Waals surface area contributed by atoms with Gasteiger partial charge in [-0.3, -0.25) is 0 Å². The molecule has 0 spiro atoms. The van der Waals surface area contributed by atoms with Crippen molar-refractivity contribution < 1.29 is 0 Å². The first-order chi connectivity index (χ1) is 4.30. The van der Waals surface area contributed by atoms with Crippen molar-refractivity contribution in [3.63, 3.8) is 0 Å². The van der Waals surface area contributed by atoms with Crippen molar-refractivity contribution in [3.05, 3.63) is 36.7 Å². The van der Waals surface area contributed by atoms with Gasteiger partial charge in [-0.15, -0.1) is 0 Å². The third-order valence-corrected chi connectivity index (χ3v) is 1.36. The Kier molecular flexibility index (Phi) is 1.73. The first-order valence-electron chi connectivity index (χ1n) is 3.05. The third kappa shape index (κ3) is 1.46. The van der Waals surface area contributed by atoms with Crippen LogP contribution in [0.2, 0.25) is 0 Å². The minimum Gasteiger partial charge on any atom is -0.352 e. The predicted molar refractivity (Wildman–Crippen MR) is 39.8 cm³/mol. The molecule has 1 heterocycles. The highest BCUT2D eigenvalue weighted by molar-refractivity contribution is 5.18. The number of hydrogen-bond donors (Lipinski definition) is 0. The molecule has 0 aromatic rings. The van der Waals surface area contributed by atoms with Gasteiger partial charge in [0, 0.05) is 12.7 Å². The van der Waals surface area contributed by atoms with Gasteiger partial charge < -0.3 is 4.90 Å². The van der Waals surface area contributed by atoms with E-state index in [-0.39, 0.29) is 0 Å². The van der Waals surface area contributed by atoms with Crippen molar-refractivity contribution in [2.24, 2.45) is 0 Å². The summed E-state index contributed by atoms with van der Waals surface area (Å²) >= 11 is 0. The van der Waals surface area contributed by atoms with Crippen molar-refractivity contribution in [1.29, 1.82) is 0 Å². The van der Waals surface area contributed by atoms with Crippen molar-refractivity contribution in [2.75, 3.05) is 7.05 Å². The molecular formula is C8H11N. The van der Waals surface area contributed by atoms with Crippen LogP contribution in [-0.4, -0.2) is 11.9 Å². The maximum Gasteiger partial charge on any atom is 0.0327 e. The van der Waals surface area contributed by atoms with Gasteiger partial charge >= 0.3 is 0 Å². The average Bonchev–Trinajstić information content (AvgIpc) is 1.99. The van der Waals surface area contributed by atoms with E-state index in [1.807, 2.05) is 24.2 Å². The minimum atomic E-state index is 1.02. The molecule has 0 aliphatic carbocycles. The molecule has 0 amide bonds. The van der Waals surface area contributed by atoms with Gasteiger partial charge in [0.2, 0.25) is 0 Å². The quantitative estimate of drug-likeness (QED) is 0.473. The lowest BCUT2D eigenvalue weighted by atomic mass is 10.3. The molecule has 0 fully saturated rings. The van der Waals surface area contributed by atoms with E-state index in [0.717, 1.165) is 12.1 Å². The Labute approximate surface area is 56.0 Å². The van der Waals surface area contributed by atoms with Gasteiger partial charge in [0.1, 0.15) is 0 Å². The standard InChI is InChI=1S/C8H11N/c1-8-6-4-3-5-7-9(8)2/h4-7H,1,3H2,2H3. The Morgan fingerprint density at radius 1 is 1.56 bits per heavy atom. The van der Waals surface area contributed by atoms with Gasteiger partial charge in [-0.25, -0.2) is 0 Å². The highest BCUT2D eigenvalue weighted by atomic mass is 15.1. The van der Waals surface area contributed by atoms with Gasteiger partial charge in [0.05, 0.1) is 0 Å². The fraction of sp³-hybridized carbons (Fsp3) is 0.250. The van der Waals surface area contributed by atoms with Crippen LogP contribution in [0.3, 0.4) is 0 Å². The Hall–Kier alpha value is -0.980. The lowest BCUT2D eigenvalue weighted by molar-refractivity contribution is 0.592. The zero-order valence-electron chi connectivity index (χ0n) is 5.67. The van der Waals surface area contributed by atoms with Gasteiger partial charge in [-0.2, -0.15) is 0 Å². The lowest BCUT2D eigenvalue weighted by Gasteiger charge is -2.11. The van der Waals surface area contributed by atoms with E-state index >= 15 is 0 Å². The molecule has 1 nitrogen and oxygen atoms in total. The van der Waals surface area contributed by atoms with Gasteiger partial charge in [0.15, 0.2) is 0 Å². The number of hydrogen-bond acceptors (Lipinski definition) is 1. The molecule has 0 bridgehead atoms. The molecule has 1 aliphatic heterocycles. The van der Waals surface area contributed by atoms with E-state index < -0.39 is 0 Å². The van der Waals surface area contributed by atoms with Gasteiger partial charge in [-0.05, 0) is 18.7 Å². The number of rotatable bonds is 0. The molecule has 0 aromatic heterocycles. The summed E-state index contributed by atoms with van der Waals surface area (Å²) in [5, 5.41) is 0. The average molecular weight is 121 g/mol. The van der Waals surface area contributed by atoms with Gasteiger partial charge in [0.25, 0.3) is 0 Å². The molecule has 0 atom stereocenters. The molecule has 0 N–H and O–H groups in total. The lowest BCUT2D eigenvalue weighted by Crippen LogP contribution is -2.05. The SMILES string of the molecule is C=C1C=CCC=CN1C. The second-order valence-corrected chi connectivity index (χ2v) is 2.13. The molecule has 0 saturated carbocycles. The summed E-state index contributed by atoms with van der Waals surface area (Å²) in [6.07, 6.45) is 9.28. The van der Waals surface area contributed by atoms with E-state index in [0.29, 0.717) is 0 Å². The Morgan fingerprint density at radius 3 is 3.11 bits per heavy atom. The van der Waals surface area contributed by atoms with Crippen molar-refractivity contribution >= 4 is 0 Å². The van der Waals surface area contributed by atoms with Crippen LogP contribution >= 0.6 is 0 Å². The van der Waals surface area contributed by atoms with Crippen LogP contribution in [0.5, 0.6) is 0 Å². The maximum absolute atomic E-state index is 3.84. The molecule has 9 heavy (non-hydrogen) atoms. The van der Waals surface area contributed by atoms with Crippen LogP contribution in [0.15, 0.2) is 36.7 Å². The van der Waals surface area contributed by atoms with E-state index in [1.165, 1.54) is 0 Å². The van der Waals surface area contributed by atoms with Crippen molar-refractivity contribution in [3.8, 4) is 0 Å². The topological polar surface area (TPSA) is 3.24 Å². The smallest absolute Gasteiger partial charge is 0.0327 e. The molecule has 48 valence electrons. The van der Waals surface area contributed by atoms with Crippen molar-refractivity contribution in [1.82, 2.24) is 4.90 Å². The van der Waals surface area contributed by atoms with Crippen LogP contribution in [0.4, 0.5) is 0 Å². The summed E-state index contributed by atoms with van der Waals surface area (Å²) in [5.74, 6) is 0. The Balaban J connectivity index is 2.73. The van der Waals surface area contributed by atoms with Crippen LogP contribution in [0, 0.1) is 0 Å². The molecule has 1 rings (SSSR count). The van der Waals surface area contributed by atoms with E-state index in [9.17, 15) is 0 Å². The number of allylic oxidation sites excluding steroid dienone is 3. The highest BCUT2D eigenvalue weighted by Crippen LogP contribution is 2.05. The molecular weight excluding hydrogens is 110 g/mol. The second-order valence-electron chi connectivity index (χ2n) is 2.13. The number of likely N-dealkylation sites (N-methyl/N-ethyl adjacent to an activating group) is 1. The molecule has 0 unspecified atom stereocenters. The van der Waals surface area contributed by atoms with E-state index in [4.69, 9.17) is 0 Å². The molecule has 0 radical (unpaired) electrons. The fourth-order valence-electron chi connectivity index (χ4n) is 0.715. The summed E-state index contributed by atoms with van der Waals surface area (Å²) in [5.41, 5.74) is 1.05. The molecule has 0 aromatic carbocycles. The highest BCUT2D eigenvalue weighted by Gasteiger charge is 1.93. The maximum atomic E-state index is 3.84.